The lowest BCUT2D eigenvalue weighted by Gasteiger charge is -1.97. The lowest BCUT2D eigenvalue weighted by atomic mass is 10.4. The summed E-state index contributed by atoms with van der Waals surface area (Å²) < 4.78 is 0. The summed E-state index contributed by atoms with van der Waals surface area (Å²) in [6.07, 6.45) is 0. The van der Waals surface area contributed by atoms with Crippen LogP contribution in [0.15, 0.2) is 6.07 Å². The van der Waals surface area contributed by atoms with Crippen molar-refractivity contribution in [2.75, 3.05) is 0 Å². The Morgan fingerprint density at radius 3 is 2.67 bits per heavy atom. The molecule has 4 nitrogen and oxygen atoms in total. The second-order valence-electron chi connectivity index (χ2n) is 1.89. The minimum Gasteiger partial charge on any atom is -0.691 e. The first-order valence-electron chi connectivity index (χ1n) is 2.61. The van der Waals surface area contributed by atoms with E-state index < -0.39 is 0 Å². The first kappa shape index (κ1) is 5.94. The Balaban J connectivity index is 3.17. The molecule has 1 heterocycles. The molecule has 0 N–H and O–H groups in total. The monoisotopic (exact) mass is 125 g/mol. The van der Waals surface area contributed by atoms with Crippen molar-refractivity contribution in [3.63, 3.8) is 0 Å². The van der Waals surface area contributed by atoms with Gasteiger partial charge in [0.1, 0.15) is 10.9 Å². The lowest BCUT2D eigenvalue weighted by molar-refractivity contribution is -0.681. The molecule has 0 aliphatic rings. The number of hydrogen-bond donors (Lipinski definition) is 0. The van der Waals surface area contributed by atoms with Crippen molar-refractivity contribution >= 4 is 0 Å². The highest BCUT2D eigenvalue weighted by atomic mass is 16.5. The van der Waals surface area contributed by atoms with Crippen LogP contribution in [0, 0.1) is 19.1 Å². The van der Waals surface area contributed by atoms with Crippen LogP contribution < -0.4 is 4.85 Å². The smallest absolute Gasteiger partial charge is 0.181 e. The van der Waals surface area contributed by atoms with E-state index in [9.17, 15) is 5.21 Å². The molecule has 48 valence electrons. The van der Waals surface area contributed by atoms with E-state index in [0.29, 0.717) is 10.5 Å². The maximum atomic E-state index is 10.5. The van der Waals surface area contributed by atoms with E-state index in [2.05, 4.69) is 10.3 Å². The van der Waals surface area contributed by atoms with E-state index in [4.69, 9.17) is 0 Å². The molecule has 0 aromatic carbocycles. The average Bonchev–Trinajstić information content (AvgIpc) is 1.80. The van der Waals surface area contributed by atoms with Crippen LogP contribution in [0.3, 0.4) is 0 Å². The fraction of sp³-hybridized carbons (Fsp3) is 0.400. The molecule has 1 rings (SSSR count). The maximum absolute atomic E-state index is 10.5. The summed E-state index contributed by atoms with van der Waals surface area (Å²) in [6.45, 7) is 3.48. The number of rotatable bonds is 0. The van der Waals surface area contributed by atoms with Gasteiger partial charge in [0.25, 0.3) is 0 Å². The van der Waals surface area contributed by atoms with Crippen LogP contribution >= 0.6 is 0 Å². The predicted octanol–water partition coefficient (Wildman–Crippen LogP) is -0.273. The number of nitrogens with zero attached hydrogens (tertiary/aromatic N) is 3. The number of hydrogen-bond acceptors (Lipinski definition) is 3. The van der Waals surface area contributed by atoms with Crippen LogP contribution in [0.1, 0.15) is 11.4 Å². The SMILES string of the molecule is Cc1cc(C)[n+]([O-])nn1. The summed E-state index contributed by atoms with van der Waals surface area (Å²) in [6, 6.07) is 1.68. The van der Waals surface area contributed by atoms with Crippen LogP contribution in [0.4, 0.5) is 0 Å². The van der Waals surface area contributed by atoms with Crippen LogP contribution in [-0.2, 0) is 0 Å². The molecule has 4 heteroatoms. The number of aromatic nitrogens is 3. The van der Waals surface area contributed by atoms with Gasteiger partial charge in [0.15, 0.2) is 5.69 Å². The van der Waals surface area contributed by atoms with Gasteiger partial charge in [0, 0.05) is 19.9 Å². The van der Waals surface area contributed by atoms with Gasteiger partial charge in [-0.2, -0.15) is 0 Å². The second kappa shape index (κ2) is 1.97. The zero-order valence-electron chi connectivity index (χ0n) is 5.33. The van der Waals surface area contributed by atoms with Gasteiger partial charge < -0.3 is 5.21 Å². The Morgan fingerprint density at radius 2 is 2.22 bits per heavy atom. The quantitative estimate of drug-likeness (QED) is 0.354. The summed E-state index contributed by atoms with van der Waals surface area (Å²) >= 11 is 0. The van der Waals surface area contributed by atoms with Crippen molar-refractivity contribution < 1.29 is 4.85 Å². The van der Waals surface area contributed by atoms with Gasteiger partial charge in [-0.1, -0.05) is 0 Å². The zero-order valence-corrected chi connectivity index (χ0v) is 5.33. The van der Waals surface area contributed by atoms with Gasteiger partial charge >= 0.3 is 0 Å². The molecular formula is C5H7N3O. The average molecular weight is 125 g/mol. The Bertz CT molecular complexity index is 223. The van der Waals surface area contributed by atoms with E-state index in [-0.39, 0.29) is 0 Å². The minimum atomic E-state index is 0.493. The van der Waals surface area contributed by atoms with Gasteiger partial charge in [-0.25, -0.2) is 0 Å². The van der Waals surface area contributed by atoms with E-state index in [0.717, 1.165) is 5.69 Å². The molecule has 0 spiro atoms. The molecule has 0 amide bonds. The summed E-state index contributed by atoms with van der Waals surface area (Å²) in [7, 11) is 0. The highest BCUT2D eigenvalue weighted by Crippen LogP contribution is 1.87. The second-order valence-corrected chi connectivity index (χ2v) is 1.89. The summed E-state index contributed by atoms with van der Waals surface area (Å²) in [5.74, 6) is 0. The molecule has 0 fully saturated rings. The van der Waals surface area contributed by atoms with Crippen LogP contribution in [0.25, 0.3) is 0 Å². The van der Waals surface area contributed by atoms with Crippen molar-refractivity contribution in [1.29, 1.82) is 0 Å². The van der Waals surface area contributed by atoms with E-state index in [1.807, 2.05) is 0 Å². The Morgan fingerprint density at radius 1 is 1.56 bits per heavy atom. The third kappa shape index (κ3) is 1.13. The van der Waals surface area contributed by atoms with Crippen LogP contribution in [-0.4, -0.2) is 10.3 Å². The molecule has 0 atom stereocenters. The van der Waals surface area contributed by atoms with Gasteiger partial charge in [-0.05, 0) is 0 Å². The molecule has 1 aromatic rings. The van der Waals surface area contributed by atoms with Crippen molar-refractivity contribution in [3.05, 3.63) is 22.7 Å². The van der Waals surface area contributed by atoms with Crippen molar-refractivity contribution in [1.82, 2.24) is 10.3 Å². The predicted molar refractivity (Wildman–Crippen MR) is 30.5 cm³/mol. The van der Waals surface area contributed by atoms with Crippen LogP contribution in [0.2, 0.25) is 0 Å². The largest absolute Gasteiger partial charge is 0.691 e. The molecule has 0 saturated heterocycles. The van der Waals surface area contributed by atoms with Gasteiger partial charge in [-0.15, -0.1) is 4.85 Å². The topological polar surface area (TPSA) is 52.7 Å². The fourth-order valence-electron chi connectivity index (χ4n) is 0.568. The Hall–Kier alpha value is -1.19. The summed E-state index contributed by atoms with van der Waals surface area (Å²) in [5, 5.41) is 17.3. The minimum absolute atomic E-state index is 0.493. The molecule has 0 radical (unpaired) electrons. The molecular weight excluding hydrogens is 118 g/mol. The highest BCUT2D eigenvalue weighted by molar-refractivity contribution is 4.97. The van der Waals surface area contributed by atoms with Crippen molar-refractivity contribution in [3.8, 4) is 0 Å². The fourth-order valence-corrected chi connectivity index (χ4v) is 0.568. The van der Waals surface area contributed by atoms with Gasteiger partial charge in [0.2, 0.25) is 0 Å². The maximum Gasteiger partial charge on any atom is 0.181 e. The highest BCUT2D eigenvalue weighted by Gasteiger charge is 1.97. The van der Waals surface area contributed by atoms with Gasteiger partial charge in [0.05, 0.1) is 5.10 Å². The third-order valence-corrected chi connectivity index (χ3v) is 1.00. The molecule has 0 aliphatic carbocycles. The normalized spacial score (nSPS) is 9.56. The Kier molecular flexibility index (Phi) is 1.30. The first-order valence-corrected chi connectivity index (χ1v) is 2.61. The molecule has 0 unspecified atom stereocenters. The zero-order chi connectivity index (χ0) is 6.85. The first-order chi connectivity index (χ1) is 4.20. The molecule has 1 aromatic heterocycles. The standard InChI is InChI=1S/C5H7N3O/c1-4-3-5(2)8(9)7-6-4/h3H,1-2H3. The molecule has 0 aliphatic heterocycles. The van der Waals surface area contributed by atoms with Gasteiger partial charge in [-0.3, -0.25) is 0 Å². The van der Waals surface area contributed by atoms with E-state index in [1.165, 1.54) is 0 Å². The summed E-state index contributed by atoms with van der Waals surface area (Å²) in [4.78, 5) is 0.493. The van der Waals surface area contributed by atoms with Crippen molar-refractivity contribution in [2.24, 2.45) is 0 Å². The van der Waals surface area contributed by atoms with Crippen molar-refractivity contribution in [2.45, 2.75) is 13.8 Å². The van der Waals surface area contributed by atoms with Crippen LogP contribution in [0.5, 0.6) is 0 Å². The molecule has 9 heavy (non-hydrogen) atoms. The van der Waals surface area contributed by atoms with E-state index >= 15 is 0 Å². The molecule has 0 bridgehead atoms. The Labute approximate surface area is 52.7 Å². The lowest BCUT2D eigenvalue weighted by Crippen LogP contribution is -2.35. The summed E-state index contributed by atoms with van der Waals surface area (Å²) in [5.41, 5.74) is 1.34. The van der Waals surface area contributed by atoms with E-state index in [1.54, 1.807) is 19.9 Å². The third-order valence-electron chi connectivity index (χ3n) is 1.00. The number of aryl methyl sites for hydroxylation is 2. The molecule has 0 saturated carbocycles.